The molecule has 0 bridgehead atoms. The number of fused-ring (bicyclic) bond motifs is 9. The molecule has 0 saturated carbocycles. The van der Waals surface area contributed by atoms with Crippen molar-refractivity contribution in [3.63, 3.8) is 0 Å². The maximum absolute atomic E-state index is 6.69. The van der Waals surface area contributed by atoms with Crippen molar-refractivity contribution in [3.05, 3.63) is 211 Å². The molecule has 1 aliphatic carbocycles. The summed E-state index contributed by atoms with van der Waals surface area (Å²) in [5.41, 5.74) is 17.2. The molecule has 0 atom stereocenters. The molecule has 0 spiro atoms. The summed E-state index contributed by atoms with van der Waals surface area (Å²) in [5.74, 6) is 0. The highest BCUT2D eigenvalue weighted by Gasteiger charge is 2.36. The van der Waals surface area contributed by atoms with Crippen molar-refractivity contribution in [2.75, 3.05) is 4.90 Å². The third-order valence-corrected chi connectivity index (χ3v) is 13.8. The number of hydrogen-bond donors (Lipinski definition) is 0. The fourth-order valence-corrected chi connectivity index (χ4v) is 10.9. The number of furan rings is 1. The molecular weight excluding hydrogens is 747 g/mol. The Hall–Kier alpha value is -7.20. The topological polar surface area (TPSA) is 16.4 Å². The van der Waals surface area contributed by atoms with Crippen molar-refractivity contribution < 1.29 is 4.42 Å². The average Bonchev–Trinajstić information content (AvgIpc) is 3.94. The molecule has 2 aromatic heterocycles. The summed E-state index contributed by atoms with van der Waals surface area (Å²) in [6.07, 6.45) is 0. The van der Waals surface area contributed by atoms with Crippen LogP contribution < -0.4 is 4.90 Å². The van der Waals surface area contributed by atoms with Crippen LogP contribution >= 0.6 is 11.3 Å². The lowest BCUT2D eigenvalue weighted by Gasteiger charge is -2.30. The number of anilines is 3. The van der Waals surface area contributed by atoms with Crippen molar-refractivity contribution in [2.45, 2.75) is 19.3 Å². The Bertz CT molecular complexity index is 3410. The van der Waals surface area contributed by atoms with Gasteiger partial charge in [0.05, 0.1) is 5.69 Å². The van der Waals surface area contributed by atoms with Gasteiger partial charge in [-0.2, -0.15) is 0 Å². The van der Waals surface area contributed by atoms with Crippen LogP contribution in [0.4, 0.5) is 17.1 Å². The van der Waals surface area contributed by atoms with Crippen LogP contribution in [0.1, 0.15) is 25.0 Å². The molecule has 0 radical (unpaired) electrons. The second kappa shape index (κ2) is 13.4. The zero-order chi connectivity index (χ0) is 40.0. The number of nitrogens with zero attached hydrogens (tertiary/aromatic N) is 1. The molecule has 2 nitrogen and oxygen atoms in total. The second-order valence-electron chi connectivity index (χ2n) is 16.5. The molecule has 0 saturated heterocycles. The fraction of sp³-hybridized carbons (Fsp3) is 0.0526. The lowest BCUT2D eigenvalue weighted by atomic mass is 9.82. The van der Waals surface area contributed by atoms with Crippen molar-refractivity contribution in [3.8, 4) is 44.5 Å². The minimum atomic E-state index is -0.162. The molecule has 0 amide bonds. The molecule has 2 heterocycles. The van der Waals surface area contributed by atoms with E-state index in [0.29, 0.717) is 0 Å². The van der Waals surface area contributed by atoms with Crippen molar-refractivity contribution in [2.24, 2.45) is 0 Å². The first-order valence-corrected chi connectivity index (χ1v) is 21.5. The SMILES string of the molecule is CC1(C)c2ccccc2-c2ccc(N(c3ccc4c(c3)sc3ccccc34)c3ccc4oc5ccccc5c4c3-c3cc(-c4ccccc4)cc(-c4ccccc4)c3)cc21. The molecule has 11 aromatic rings. The van der Waals surface area contributed by atoms with Crippen molar-refractivity contribution in [1.29, 1.82) is 0 Å². The maximum Gasteiger partial charge on any atom is 0.136 e. The number of hydrogen-bond acceptors (Lipinski definition) is 3. The van der Waals surface area contributed by atoms with E-state index >= 15 is 0 Å². The third-order valence-electron chi connectivity index (χ3n) is 12.6. The van der Waals surface area contributed by atoms with Crippen LogP contribution in [0.5, 0.6) is 0 Å². The lowest BCUT2D eigenvalue weighted by Crippen LogP contribution is -2.17. The maximum atomic E-state index is 6.69. The molecule has 12 rings (SSSR count). The number of rotatable bonds is 6. The first-order valence-electron chi connectivity index (χ1n) is 20.7. The van der Waals surface area contributed by atoms with Gasteiger partial charge in [-0.15, -0.1) is 11.3 Å². The normalized spacial score (nSPS) is 13.0. The summed E-state index contributed by atoms with van der Waals surface area (Å²) in [6.45, 7) is 4.73. The zero-order valence-electron chi connectivity index (χ0n) is 33.3. The smallest absolute Gasteiger partial charge is 0.136 e. The minimum Gasteiger partial charge on any atom is -0.456 e. The number of benzene rings is 9. The highest BCUT2D eigenvalue weighted by atomic mass is 32.1. The predicted molar refractivity (Wildman–Crippen MR) is 255 cm³/mol. The molecule has 0 N–H and O–H groups in total. The summed E-state index contributed by atoms with van der Waals surface area (Å²) in [7, 11) is 0. The van der Waals surface area contributed by atoms with Gasteiger partial charge >= 0.3 is 0 Å². The molecule has 0 unspecified atom stereocenters. The Labute approximate surface area is 353 Å². The molecule has 0 aliphatic heterocycles. The quantitative estimate of drug-likeness (QED) is 0.167. The number of para-hydroxylation sites is 1. The van der Waals surface area contributed by atoms with Crippen molar-refractivity contribution in [1.82, 2.24) is 0 Å². The van der Waals surface area contributed by atoms with Crippen LogP contribution in [0.25, 0.3) is 86.6 Å². The summed E-state index contributed by atoms with van der Waals surface area (Å²) in [4.78, 5) is 2.50. The number of thiophene rings is 1. The highest BCUT2D eigenvalue weighted by Crippen LogP contribution is 2.53. The van der Waals surface area contributed by atoms with Gasteiger partial charge < -0.3 is 9.32 Å². The molecular formula is C57H39NOS. The molecule has 9 aromatic carbocycles. The first-order chi connectivity index (χ1) is 29.5. The van der Waals surface area contributed by atoms with E-state index in [-0.39, 0.29) is 5.41 Å². The van der Waals surface area contributed by atoms with E-state index in [1.807, 2.05) is 11.3 Å². The summed E-state index contributed by atoms with van der Waals surface area (Å²) in [6, 6.07) is 73.3. The Morgan fingerprint density at radius 3 is 1.80 bits per heavy atom. The van der Waals surface area contributed by atoms with Crippen LogP contribution in [0.2, 0.25) is 0 Å². The van der Waals surface area contributed by atoms with Gasteiger partial charge in [-0.1, -0.05) is 147 Å². The van der Waals surface area contributed by atoms with E-state index in [0.717, 1.165) is 61.3 Å². The van der Waals surface area contributed by atoms with Gasteiger partial charge in [0.15, 0.2) is 0 Å². The van der Waals surface area contributed by atoms with Crippen LogP contribution in [-0.2, 0) is 5.41 Å². The van der Waals surface area contributed by atoms with Crippen LogP contribution in [0, 0.1) is 0 Å². The van der Waals surface area contributed by atoms with Crippen LogP contribution in [0.3, 0.4) is 0 Å². The first kappa shape index (κ1) is 34.8. The zero-order valence-corrected chi connectivity index (χ0v) is 34.1. The largest absolute Gasteiger partial charge is 0.456 e. The highest BCUT2D eigenvalue weighted by molar-refractivity contribution is 7.25. The van der Waals surface area contributed by atoms with Gasteiger partial charge in [0.25, 0.3) is 0 Å². The van der Waals surface area contributed by atoms with Gasteiger partial charge in [0.1, 0.15) is 11.2 Å². The molecule has 60 heavy (non-hydrogen) atoms. The minimum absolute atomic E-state index is 0.162. The monoisotopic (exact) mass is 785 g/mol. The Morgan fingerprint density at radius 1 is 0.417 bits per heavy atom. The van der Waals surface area contributed by atoms with Gasteiger partial charge in [-0.25, -0.2) is 0 Å². The fourth-order valence-electron chi connectivity index (χ4n) is 9.76. The lowest BCUT2D eigenvalue weighted by molar-refractivity contribution is 0.660. The van der Waals surface area contributed by atoms with Gasteiger partial charge in [0, 0.05) is 53.3 Å². The average molecular weight is 786 g/mol. The molecule has 284 valence electrons. The summed E-state index contributed by atoms with van der Waals surface area (Å²) < 4.78 is 9.25. The Balaban J connectivity index is 1.18. The third kappa shape index (κ3) is 5.40. The summed E-state index contributed by atoms with van der Waals surface area (Å²) in [5, 5.41) is 4.78. The van der Waals surface area contributed by atoms with E-state index in [1.54, 1.807) is 0 Å². The van der Waals surface area contributed by atoms with E-state index < -0.39 is 0 Å². The molecule has 1 aliphatic rings. The predicted octanol–water partition coefficient (Wildman–Crippen LogP) is 16.7. The van der Waals surface area contributed by atoms with Gasteiger partial charge in [-0.05, 0) is 117 Å². The van der Waals surface area contributed by atoms with E-state index in [2.05, 4.69) is 219 Å². The Kier molecular flexibility index (Phi) is 7.79. The van der Waals surface area contributed by atoms with Crippen LogP contribution in [0.15, 0.2) is 205 Å². The van der Waals surface area contributed by atoms with E-state index in [1.165, 1.54) is 53.6 Å². The van der Waals surface area contributed by atoms with Gasteiger partial charge in [0.2, 0.25) is 0 Å². The molecule has 3 heteroatoms. The van der Waals surface area contributed by atoms with E-state index in [4.69, 9.17) is 4.42 Å². The van der Waals surface area contributed by atoms with Crippen LogP contribution in [-0.4, -0.2) is 0 Å². The second-order valence-corrected chi connectivity index (χ2v) is 17.6. The van der Waals surface area contributed by atoms with Gasteiger partial charge in [-0.3, -0.25) is 0 Å². The van der Waals surface area contributed by atoms with Crippen molar-refractivity contribution >= 4 is 70.5 Å². The standard InChI is InChI=1S/C57H39NOS/c1-57(2)48-22-12-9-19-43(48)44-27-25-41(34-49(44)57)58(42-26-28-46-45-20-11-14-24-53(45)60-54(46)35-42)50-29-30-52-56(47-21-10-13-23-51(47)59-52)55(50)40-32-38(36-15-5-3-6-16-36)31-39(33-40)37-17-7-4-8-18-37/h3-35H,1-2H3. The van der Waals surface area contributed by atoms with E-state index in [9.17, 15) is 0 Å². The summed E-state index contributed by atoms with van der Waals surface area (Å²) >= 11 is 1.86. The molecule has 0 fully saturated rings. The Morgan fingerprint density at radius 2 is 1.02 bits per heavy atom.